The number of fused-ring (bicyclic) bond motifs is 1. The second-order valence-electron chi connectivity index (χ2n) is 3.31. The van der Waals surface area contributed by atoms with Crippen LogP contribution in [0.5, 0.6) is 0 Å². The molecule has 1 heterocycles. The molecular formula is C8H7NO5S2. The molecule has 0 aromatic heterocycles. The van der Waals surface area contributed by atoms with Crippen LogP contribution in [0.1, 0.15) is 11.1 Å². The highest BCUT2D eigenvalue weighted by Crippen LogP contribution is 2.36. The summed E-state index contributed by atoms with van der Waals surface area (Å²) in [6.07, 6.45) is 0. The molecule has 0 atom stereocenters. The molecular weight excluding hydrogens is 254 g/mol. The lowest BCUT2D eigenvalue weighted by atomic mass is 10.1. The number of hydrogen-bond donors (Lipinski definition) is 1. The number of nitrogens with zero attached hydrogens (tertiary/aromatic N) is 1. The van der Waals surface area contributed by atoms with Crippen LogP contribution in [-0.2, 0) is 21.6 Å². The Kier molecular flexibility index (Phi) is 2.64. The molecule has 0 fully saturated rings. The summed E-state index contributed by atoms with van der Waals surface area (Å²) in [5.74, 6) is 1.23. The molecule has 8 heteroatoms. The van der Waals surface area contributed by atoms with Crippen molar-refractivity contribution < 1.29 is 17.9 Å². The molecule has 0 amide bonds. The van der Waals surface area contributed by atoms with E-state index in [2.05, 4.69) is 0 Å². The van der Waals surface area contributed by atoms with Gasteiger partial charge in [-0.15, -0.1) is 0 Å². The van der Waals surface area contributed by atoms with Crippen molar-refractivity contribution in [2.45, 2.75) is 16.4 Å². The number of benzene rings is 1. The summed E-state index contributed by atoms with van der Waals surface area (Å²) in [7, 11) is -4.55. The highest BCUT2D eigenvalue weighted by atomic mass is 32.2. The molecule has 0 radical (unpaired) electrons. The van der Waals surface area contributed by atoms with Crippen LogP contribution < -0.4 is 0 Å². The van der Waals surface area contributed by atoms with Crippen molar-refractivity contribution in [3.8, 4) is 0 Å². The highest BCUT2D eigenvalue weighted by molar-refractivity contribution is 7.98. The fourth-order valence-corrected chi connectivity index (χ4v) is 3.31. The minimum Gasteiger partial charge on any atom is -0.282 e. The van der Waals surface area contributed by atoms with Gasteiger partial charge in [-0.25, -0.2) is 0 Å². The van der Waals surface area contributed by atoms with Crippen LogP contribution in [0.25, 0.3) is 0 Å². The summed E-state index contributed by atoms with van der Waals surface area (Å²) < 4.78 is 30.9. The fraction of sp³-hybridized carbons (Fsp3) is 0.250. The van der Waals surface area contributed by atoms with Crippen LogP contribution in [0.15, 0.2) is 17.0 Å². The summed E-state index contributed by atoms with van der Waals surface area (Å²) >= 11 is 1.54. The van der Waals surface area contributed by atoms with Crippen LogP contribution in [0.4, 0.5) is 5.69 Å². The van der Waals surface area contributed by atoms with Crippen LogP contribution >= 0.6 is 11.8 Å². The third-order valence-corrected chi connectivity index (χ3v) is 4.18. The SMILES string of the molecule is O=[N+]([O-])c1cc2c(cc1S(=O)(=O)O)CSC2. The van der Waals surface area contributed by atoms with Crippen molar-refractivity contribution in [3.05, 3.63) is 33.4 Å². The van der Waals surface area contributed by atoms with E-state index in [1.165, 1.54) is 12.1 Å². The maximum Gasteiger partial charge on any atom is 0.301 e. The fourth-order valence-electron chi connectivity index (χ4n) is 1.54. The lowest BCUT2D eigenvalue weighted by Gasteiger charge is -2.03. The average Bonchev–Trinajstić information content (AvgIpc) is 2.60. The van der Waals surface area contributed by atoms with Gasteiger partial charge in [0.1, 0.15) is 0 Å². The molecule has 1 N–H and O–H groups in total. The molecule has 0 saturated heterocycles. The van der Waals surface area contributed by atoms with Crippen LogP contribution in [0, 0.1) is 10.1 Å². The molecule has 86 valence electrons. The molecule has 0 saturated carbocycles. The van der Waals surface area contributed by atoms with Gasteiger partial charge in [-0.05, 0) is 17.2 Å². The molecule has 0 spiro atoms. The number of thioether (sulfide) groups is 1. The van der Waals surface area contributed by atoms with Gasteiger partial charge in [-0.2, -0.15) is 20.2 Å². The zero-order valence-corrected chi connectivity index (χ0v) is 9.55. The standard InChI is InChI=1S/C8H7NO5S2/c10-9(11)7-1-5-3-15-4-6(5)2-8(7)16(12,13)14/h1-2H,3-4H2,(H,12,13,14). The van der Waals surface area contributed by atoms with Gasteiger partial charge in [0.2, 0.25) is 0 Å². The minimum atomic E-state index is -4.55. The zero-order chi connectivity index (χ0) is 11.9. The van der Waals surface area contributed by atoms with Crippen molar-refractivity contribution in [3.63, 3.8) is 0 Å². The summed E-state index contributed by atoms with van der Waals surface area (Å²) in [4.78, 5) is 9.27. The smallest absolute Gasteiger partial charge is 0.282 e. The Labute approximate surface area is 95.6 Å². The summed E-state index contributed by atoms with van der Waals surface area (Å²) in [5.41, 5.74) is 0.913. The second-order valence-corrected chi connectivity index (χ2v) is 5.69. The van der Waals surface area contributed by atoms with Crippen LogP contribution in [0.2, 0.25) is 0 Å². The van der Waals surface area contributed by atoms with Crippen molar-refractivity contribution in [1.29, 1.82) is 0 Å². The molecule has 2 rings (SSSR count). The van der Waals surface area contributed by atoms with E-state index in [1.807, 2.05) is 0 Å². The Hall–Kier alpha value is -1.12. The van der Waals surface area contributed by atoms with E-state index < -0.39 is 25.6 Å². The van der Waals surface area contributed by atoms with Gasteiger partial charge in [0.25, 0.3) is 5.69 Å². The molecule has 0 aliphatic carbocycles. The average molecular weight is 261 g/mol. The molecule has 1 aromatic carbocycles. The van der Waals surface area contributed by atoms with Crippen molar-refractivity contribution >= 4 is 27.6 Å². The molecule has 1 aliphatic heterocycles. The largest absolute Gasteiger partial charge is 0.301 e. The number of hydrogen-bond acceptors (Lipinski definition) is 5. The van der Waals surface area contributed by atoms with Crippen molar-refractivity contribution in [1.82, 2.24) is 0 Å². The lowest BCUT2D eigenvalue weighted by molar-refractivity contribution is -0.388. The Bertz CT molecular complexity index is 566. The van der Waals surface area contributed by atoms with Gasteiger partial charge in [0, 0.05) is 17.6 Å². The van der Waals surface area contributed by atoms with Gasteiger partial charge < -0.3 is 0 Å². The minimum absolute atomic E-state index is 0.566. The topological polar surface area (TPSA) is 97.5 Å². The summed E-state index contributed by atoms with van der Waals surface area (Å²) in [5, 5.41) is 10.7. The Morgan fingerprint density at radius 2 is 1.88 bits per heavy atom. The number of nitro groups is 1. The highest BCUT2D eigenvalue weighted by Gasteiger charge is 2.27. The second kappa shape index (κ2) is 3.72. The van der Waals surface area contributed by atoms with Crippen molar-refractivity contribution in [2.75, 3.05) is 0 Å². The van der Waals surface area contributed by atoms with E-state index >= 15 is 0 Å². The maximum absolute atomic E-state index is 11.0. The van der Waals surface area contributed by atoms with Gasteiger partial charge in [0.15, 0.2) is 4.90 Å². The first kappa shape index (κ1) is 11.4. The normalized spacial score (nSPS) is 14.8. The molecule has 6 nitrogen and oxygen atoms in total. The van der Waals surface area contributed by atoms with Crippen molar-refractivity contribution in [2.24, 2.45) is 0 Å². The summed E-state index contributed by atoms with van der Waals surface area (Å²) in [6.45, 7) is 0. The van der Waals surface area contributed by atoms with Gasteiger partial charge in [-0.3, -0.25) is 14.7 Å². The number of rotatable bonds is 2. The third kappa shape index (κ3) is 1.91. The molecule has 1 aliphatic rings. The molecule has 0 bridgehead atoms. The first-order valence-corrected chi connectivity index (χ1v) is 6.84. The first-order chi connectivity index (χ1) is 7.39. The monoisotopic (exact) mass is 261 g/mol. The van der Waals surface area contributed by atoms with E-state index in [0.29, 0.717) is 11.5 Å². The van der Waals surface area contributed by atoms with E-state index in [-0.39, 0.29) is 0 Å². The summed E-state index contributed by atoms with van der Waals surface area (Å²) in [6, 6.07) is 2.40. The molecule has 0 unspecified atom stereocenters. The van der Waals surface area contributed by atoms with E-state index in [4.69, 9.17) is 4.55 Å². The quantitative estimate of drug-likeness (QED) is 0.493. The third-order valence-electron chi connectivity index (χ3n) is 2.27. The zero-order valence-electron chi connectivity index (χ0n) is 7.91. The van der Waals surface area contributed by atoms with Gasteiger partial charge in [0.05, 0.1) is 4.92 Å². The van der Waals surface area contributed by atoms with Crippen LogP contribution in [0.3, 0.4) is 0 Å². The Morgan fingerprint density at radius 1 is 1.31 bits per heavy atom. The maximum atomic E-state index is 11.0. The molecule has 1 aromatic rings. The predicted octanol–water partition coefficient (Wildman–Crippen LogP) is 1.59. The Morgan fingerprint density at radius 3 is 2.38 bits per heavy atom. The van der Waals surface area contributed by atoms with E-state index in [9.17, 15) is 18.5 Å². The van der Waals surface area contributed by atoms with Crippen LogP contribution in [-0.4, -0.2) is 17.9 Å². The number of nitro benzene ring substituents is 1. The van der Waals surface area contributed by atoms with E-state index in [0.717, 1.165) is 11.1 Å². The van der Waals surface area contributed by atoms with E-state index in [1.54, 1.807) is 11.8 Å². The Balaban J connectivity index is 2.72. The van der Waals surface area contributed by atoms with Gasteiger partial charge >= 0.3 is 10.1 Å². The first-order valence-electron chi connectivity index (χ1n) is 4.25. The van der Waals surface area contributed by atoms with Gasteiger partial charge in [-0.1, -0.05) is 0 Å². The predicted molar refractivity (Wildman–Crippen MR) is 57.9 cm³/mol. The molecule has 16 heavy (non-hydrogen) atoms. The lowest BCUT2D eigenvalue weighted by Crippen LogP contribution is -2.04.